The van der Waals surface area contributed by atoms with E-state index in [0.717, 1.165) is 38.6 Å². The van der Waals surface area contributed by atoms with Gasteiger partial charge in [0.1, 0.15) is 0 Å². The average molecular weight is 490 g/mol. The molecule has 0 saturated carbocycles. The van der Waals surface area contributed by atoms with Crippen molar-refractivity contribution in [3.63, 3.8) is 0 Å². The van der Waals surface area contributed by atoms with Crippen molar-refractivity contribution in [2.24, 2.45) is 10.9 Å². The summed E-state index contributed by atoms with van der Waals surface area (Å²) in [6, 6.07) is 0. The summed E-state index contributed by atoms with van der Waals surface area (Å²) in [5.41, 5.74) is 0. The summed E-state index contributed by atoms with van der Waals surface area (Å²) in [5.74, 6) is 1.99. The predicted molar refractivity (Wildman–Crippen MR) is 115 cm³/mol. The van der Waals surface area contributed by atoms with E-state index in [1.165, 1.54) is 0 Å². The number of ether oxygens (including phenoxy) is 1. The molecule has 0 bridgehead atoms. The Bertz CT molecular complexity index is 458. The van der Waals surface area contributed by atoms with E-state index in [2.05, 4.69) is 34.4 Å². The van der Waals surface area contributed by atoms with E-state index < -0.39 is 9.84 Å². The number of rotatable bonds is 10. The highest BCUT2D eigenvalue weighted by molar-refractivity contribution is 14.0. The molecule has 0 spiro atoms. The van der Waals surface area contributed by atoms with Crippen LogP contribution in [0.25, 0.3) is 0 Å². The Labute approximate surface area is 170 Å². The highest BCUT2D eigenvalue weighted by Crippen LogP contribution is 2.02. The van der Waals surface area contributed by atoms with Gasteiger partial charge < -0.3 is 15.4 Å². The largest absolute Gasteiger partial charge is 0.380 e. The molecule has 1 saturated heterocycles. The molecule has 0 aromatic carbocycles. The minimum atomic E-state index is -2.81. The number of nitrogens with one attached hydrogen (secondary N) is 2. The third-order valence-corrected chi connectivity index (χ3v) is 5.45. The lowest BCUT2D eigenvalue weighted by Crippen LogP contribution is -2.42. The van der Waals surface area contributed by atoms with Crippen LogP contribution in [0, 0.1) is 5.92 Å². The van der Waals surface area contributed by atoms with Gasteiger partial charge in [0, 0.05) is 39.3 Å². The molecule has 0 unspecified atom stereocenters. The quantitative estimate of drug-likeness (QED) is 0.206. The van der Waals surface area contributed by atoms with Crippen LogP contribution >= 0.6 is 24.0 Å². The topological polar surface area (TPSA) is 83.0 Å². The molecule has 1 rings (SSSR count). The zero-order valence-electron chi connectivity index (χ0n) is 15.8. The van der Waals surface area contributed by atoms with Crippen LogP contribution in [0.3, 0.4) is 0 Å². The maximum atomic E-state index is 11.4. The molecule has 9 heteroatoms. The third kappa shape index (κ3) is 12.8. The molecule has 1 heterocycles. The monoisotopic (exact) mass is 490 g/mol. The van der Waals surface area contributed by atoms with E-state index in [1.807, 2.05) is 6.92 Å². The standard InChI is InChI=1S/C16H34N4O3S.HI/c1-4-17-16(19-7-12-23-11-5-15(2)3)18-6-8-20-9-13-24(21,22)14-10-20;/h15H,4-14H2,1-3H3,(H2,17,18,19);1H. The zero-order chi connectivity index (χ0) is 17.8. The summed E-state index contributed by atoms with van der Waals surface area (Å²) in [5, 5.41) is 6.47. The van der Waals surface area contributed by atoms with Crippen LogP contribution in [0.2, 0.25) is 0 Å². The molecule has 1 aliphatic heterocycles. The molecular weight excluding hydrogens is 455 g/mol. The molecule has 0 aliphatic carbocycles. The van der Waals surface area contributed by atoms with Crippen LogP contribution in [0.1, 0.15) is 27.2 Å². The highest BCUT2D eigenvalue weighted by Gasteiger charge is 2.20. The predicted octanol–water partition coefficient (Wildman–Crippen LogP) is 0.953. The number of hydrogen-bond donors (Lipinski definition) is 2. The molecular formula is C16H35IN4O3S. The van der Waals surface area contributed by atoms with E-state index in [1.54, 1.807) is 0 Å². The number of nitrogens with zero attached hydrogens (tertiary/aromatic N) is 2. The van der Waals surface area contributed by atoms with Gasteiger partial charge in [0.2, 0.25) is 0 Å². The Morgan fingerprint density at radius 3 is 2.48 bits per heavy atom. The Balaban J connectivity index is 0.00000576. The number of aliphatic imine (C=N–C) groups is 1. The number of guanidine groups is 1. The third-order valence-electron chi connectivity index (χ3n) is 3.85. The van der Waals surface area contributed by atoms with Crippen molar-refractivity contribution in [2.75, 3.05) is 64.0 Å². The lowest BCUT2D eigenvalue weighted by molar-refractivity contribution is 0.128. The second-order valence-corrected chi connectivity index (χ2v) is 8.78. The molecule has 0 amide bonds. The van der Waals surface area contributed by atoms with Gasteiger partial charge in [-0.25, -0.2) is 8.42 Å². The lowest BCUT2D eigenvalue weighted by atomic mass is 10.1. The summed E-state index contributed by atoms with van der Waals surface area (Å²) in [4.78, 5) is 6.69. The molecule has 1 fully saturated rings. The SMILES string of the molecule is CCNC(=NCCN1CCS(=O)(=O)CC1)NCCOCCC(C)C.I. The molecule has 1 aliphatic rings. The first kappa shape index (κ1) is 24.9. The van der Waals surface area contributed by atoms with Crippen molar-refractivity contribution in [3.8, 4) is 0 Å². The summed E-state index contributed by atoms with van der Waals surface area (Å²) in [6.07, 6.45) is 1.08. The van der Waals surface area contributed by atoms with Gasteiger partial charge in [0.25, 0.3) is 0 Å². The van der Waals surface area contributed by atoms with Crippen molar-refractivity contribution < 1.29 is 13.2 Å². The van der Waals surface area contributed by atoms with Crippen molar-refractivity contribution in [3.05, 3.63) is 0 Å². The van der Waals surface area contributed by atoms with E-state index in [-0.39, 0.29) is 35.5 Å². The first-order chi connectivity index (χ1) is 11.4. The molecule has 2 N–H and O–H groups in total. The van der Waals surface area contributed by atoms with Crippen molar-refractivity contribution in [1.29, 1.82) is 0 Å². The second kappa shape index (κ2) is 14.0. The Morgan fingerprint density at radius 2 is 1.88 bits per heavy atom. The van der Waals surface area contributed by atoms with Crippen LogP contribution in [-0.2, 0) is 14.6 Å². The van der Waals surface area contributed by atoms with Crippen molar-refractivity contribution in [2.45, 2.75) is 27.2 Å². The van der Waals surface area contributed by atoms with Gasteiger partial charge in [-0.1, -0.05) is 13.8 Å². The molecule has 0 aromatic heterocycles. The van der Waals surface area contributed by atoms with E-state index in [9.17, 15) is 8.42 Å². The van der Waals surface area contributed by atoms with Gasteiger partial charge >= 0.3 is 0 Å². The van der Waals surface area contributed by atoms with Crippen LogP contribution in [0.4, 0.5) is 0 Å². The van der Waals surface area contributed by atoms with Crippen molar-refractivity contribution in [1.82, 2.24) is 15.5 Å². The fraction of sp³-hybridized carbons (Fsp3) is 0.938. The fourth-order valence-electron chi connectivity index (χ4n) is 2.28. The summed E-state index contributed by atoms with van der Waals surface area (Å²) < 4.78 is 28.4. The number of sulfone groups is 1. The number of hydrogen-bond acceptors (Lipinski definition) is 5. The van der Waals surface area contributed by atoms with Crippen LogP contribution < -0.4 is 10.6 Å². The molecule has 25 heavy (non-hydrogen) atoms. The Kier molecular flexibility index (Phi) is 13.9. The smallest absolute Gasteiger partial charge is 0.191 e. The van der Waals surface area contributed by atoms with Crippen LogP contribution in [0.5, 0.6) is 0 Å². The highest BCUT2D eigenvalue weighted by atomic mass is 127. The van der Waals surface area contributed by atoms with Gasteiger partial charge in [-0.05, 0) is 19.3 Å². The maximum Gasteiger partial charge on any atom is 0.191 e. The molecule has 0 radical (unpaired) electrons. The van der Waals surface area contributed by atoms with E-state index in [0.29, 0.717) is 32.2 Å². The molecule has 0 aromatic rings. The van der Waals surface area contributed by atoms with Gasteiger partial charge in [0.05, 0.1) is 24.7 Å². The molecule has 150 valence electrons. The molecule has 7 nitrogen and oxygen atoms in total. The van der Waals surface area contributed by atoms with Gasteiger partial charge in [0.15, 0.2) is 15.8 Å². The normalized spacial score (nSPS) is 18.0. The Morgan fingerprint density at radius 1 is 1.20 bits per heavy atom. The average Bonchev–Trinajstić information content (AvgIpc) is 2.52. The van der Waals surface area contributed by atoms with E-state index >= 15 is 0 Å². The maximum absolute atomic E-state index is 11.4. The first-order valence-corrected chi connectivity index (χ1v) is 10.8. The van der Waals surface area contributed by atoms with Crippen molar-refractivity contribution >= 4 is 39.8 Å². The summed E-state index contributed by atoms with van der Waals surface area (Å²) in [7, 11) is -2.81. The first-order valence-electron chi connectivity index (χ1n) is 8.95. The van der Waals surface area contributed by atoms with Gasteiger partial charge in [-0.2, -0.15) is 0 Å². The second-order valence-electron chi connectivity index (χ2n) is 6.48. The lowest BCUT2D eigenvalue weighted by Gasteiger charge is -2.25. The number of halogens is 1. The fourth-order valence-corrected chi connectivity index (χ4v) is 3.56. The zero-order valence-corrected chi connectivity index (χ0v) is 18.9. The Hall–Kier alpha value is -0.130. The summed E-state index contributed by atoms with van der Waals surface area (Å²) >= 11 is 0. The summed E-state index contributed by atoms with van der Waals surface area (Å²) in [6.45, 7) is 12.1. The van der Waals surface area contributed by atoms with Crippen LogP contribution in [-0.4, -0.2) is 83.3 Å². The minimum absolute atomic E-state index is 0. The van der Waals surface area contributed by atoms with Gasteiger partial charge in [-0.3, -0.25) is 9.89 Å². The van der Waals surface area contributed by atoms with Gasteiger partial charge in [-0.15, -0.1) is 24.0 Å². The van der Waals surface area contributed by atoms with Crippen LogP contribution in [0.15, 0.2) is 4.99 Å². The minimum Gasteiger partial charge on any atom is -0.380 e. The van der Waals surface area contributed by atoms with E-state index in [4.69, 9.17) is 4.74 Å². The molecule has 0 atom stereocenters.